The fraction of sp³-hybridized carbons (Fsp3) is 0.556. The molecular weight excluding hydrogens is 326 g/mol. The Morgan fingerprint density at radius 1 is 1.25 bits per heavy atom. The van der Waals surface area contributed by atoms with E-state index in [0.29, 0.717) is 12.5 Å². The first-order valence-electron chi connectivity index (χ1n) is 8.55. The summed E-state index contributed by atoms with van der Waals surface area (Å²) in [6.07, 6.45) is 0.906. The van der Waals surface area contributed by atoms with Crippen molar-refractivity contribution in [3.8, 4) is 0 Å². The summed E-state index contributed by atoms with van der Waals surface area (Å²) in [5.41, 5.74) is 1.16. The molecule has 1 aromatic carbocycles. The Bertz CT molecular complexity index is 614. The van der Waals surface area contributed by atoms with E-state index in [-0.39, 0.29) is 17.7 Å². The maximum atomic E-state index is 12.2. The highest BCUT2D eigenvalue weighted by Crippen LogP contribution is 2.47. The van der Waals surface area contributed by atoms with Crippen molar-refractivity contribution < 1.29 is 9.59 Å². The second-order valence-electron chi connectivity index (χ2n) is 6.64. The van der Waals surface area contributed by atoms with Crippen LogP contribution in [0.3, 0.4) is 0 Å². The quantitative estimate of drug-likeness (QED) is 0.880. The zero-order chi connectivity index (χ0) is 17.1. The molecule has 1 N–H and O–H groups in total. The molecule has 24 heavy (non-hydrogen) atoms. The Balaban J connectivity index is 1.36. The van der Waals surface area contributed by atoms with Gasteiger partial charge in [-0.1, -0.05) is 23.7 Å². The maximum absolute atomic E-state index is 12.2. The van der Waals surface area contributed by atoms with Crippen LogP contribution in [-0.2, 0) is 9.59 Å². The lowest BCUT2D eigenvalue weighted by molar-refractivity contribution is -0.130. The number of halogens is 1. The number of hydrogen-bond acceptors (Lipinski definition) is 3. The number of amides is 2. The van der Waals surface area contributed by atoms with E-state index in [4.69, 9.17) is 11.6 Å². The predicted molar refractivity (Wildman–Crippen MR) is 94.0 cm³/mol. The van der Waals surface area contributed by atoms with Crippen molar-refractivity contribution >= 4 is 23.4 Å². The van der Waals surface area contributed by atoms with Gasteiger partial charge < -0.3 is 10.2 Å². The molecule has 2 aliphatic rings. The first kappa shape index (κ1) is 17.2. The molecule has 1 aliphatic heterocycles. The molecule has 0 spiro atoms. The van der Waals surface area contributed by atoms with Crippen molar-refractivity contribution in [1.29, 1.82) is 0 Å². The van der Waals surface area contributed by atoms with Crippen molar-refractivity contribution in [2.24, 2.45) is 5.92 Å². The highest BCUT2D eigenvalue weighted by atomic mass is 35.5. The molecule has 130 valence electrons. The minimum Gasteiger partial charge on any atom is -0.355 e. The molecule has 1 aliphatic carbocycles. The van der Waals surface area contributed by atoms with E-state index in [0.717, 1.165) is 49.7 Å². The van der Waals surface area contributed by atoms with Crippen LogP contribution in [0.1, 0.15) is 24.8 Å². The van der Waals surface area contributed by atoms with E-state index in [2.05, 4.69) is 10.2 Å². The van der Waals surface area contributed by atoms with Crippen molar-refractivity contribution in [2.75, 3.05) is 39.3 Å². The second kappa shape index (κ2) is 7.53. The molecule has 0 bridgehead atoms. The fourth-order valence-electron chi connectivity index (χ4n) is 3.35. The molecule has 6 heteroatoms. The Morgan fingerprint density at radius 2 is 2.00 bits per heavy atom. The van der Waals surface area contributed by atoms with E-state index in [1.165, 1.54) is 0 Å². The lowest BCUT2D eigenvalue weighted by Crippen LogP contribution is -2.49. The summed E-state index contributed by atoms with van der Waals surface area (Å²) in [6, 6.07) is 7.78. The minimum atomic E-state index is 0.0815. The van der Waals surface area contributed by atoms with Crippen LogP contribution in [0.25, 0.3) is 0 Å². The zero-order valence-corrected chi connectivity index (χ0v) is 14.8. The molecule has 3 rings (SSSR count). The van der Waals surface area contributed by atoms with E-state index in [1.807, 2.05) is 29.2 Å². The maximum Gasteiger partial charge on any atom is 0.223 e. The third-order valence-corrected chi connectivity index (χ3v) is 5.18. The van der Waals surface area contributed by atoms with Gasteiger partial charge in [-0.2, -0.15) is 0 Å². The van der Waals surface area contributed by atoms with Gasteiger partial charge in [-0.25, -0.2) is 0 Å². The number of benzene rings is 1. The summed E-state index contributed by atoms with van der Waals surface area (Å²) in [5, 5.41) is 3.77. The highest BCUT2D eigenvalue weighted by Gasteiger charge is 2.43. The molecule has 2 atom stereocenters. The van der Waals surface area contributed by atoms with Gasteiger partial charge in [0.25, 0.3) is 0 Å². The number of nitrogens with one attached hydrogen (secondary N) is 1. The van der Waals surface area contributed by atoms with Crippen molar-refractivity contribution in [3.63, 3.8) is 0 Å². The van der Waals surface area contributed by atoms with Crippen LogP contribution in [-0.4, -0.2) is 60.9 Å². The summed E-state index contributed by atoms with van der Waals surface area (Å²) < 4.78 is 0. The Kier molecular flexibility index (Phi) is 5.41. The summed E-state index contributed by atoms with van der Waals surface area (Å²) >= 11 is 6.01. The molecule has 5 nitrogen and oxygen atoms in total. The molecule has 1 saturated carbocycles. The minimum absolute atomic E-state index is 0.0815. The highest BCUT2D eigenvalue weighted by molar-refractivity contribution is 6.30. The number of hydrogen-bond donors (Lipinski definition) is 1. The van der Waals surface area contributed by atoms with Crippen LogP contribution in [0.5, 0.6) is 0 Å². The number of carbonyl (C=O) groups is 2. The van der Waals surface area contributed by atoms with Crippen LogP contribution < -0.4 is 5.32 Å². The Morgan fingerprint density at radius 3 is 2.67 bits per heavy atom. The molecule has 2 amide bonds. The van der Waals surface area contributed by atoms with Crippen LogP contribution in [0.4, 0.5) is 0 Å². The van der Waals surface area contributed by atoms with Gasteiger partial charge in [-0.3, -0.25) is 14.5 Å². The van der Waals surface area contributed by atoms with Gasteiger partial charge in [0.2, 0.25) is 11.8 Å². The van der Waals surface area contributed by atoms with Gasteiger partial charge in [0, 0.05) is 57.1 Å². The van der Waals surface area contributed by atoms with Crippen LogP contribution in [0, 0.1) is 5.92 Å². The summed E-state index contributed by atoms with van der Waals surface area (Å²) in [5.74, 6) is 0.673. The summed E-state index contributed by atoms with van der Waals surface area (Å²) in [7, 11) is 0. The third-order valence-electron chi connectivity index (χ3n) is 4.95. The smallest absolute Gasteiger partial charge is 0.223 e. The average Bonchev–Trinajstić information content (AvgIpc) is 3.36. The van der Waals surface area contributed by atoms with E-state index in [1.54, 1.807) is 6.92 Å². The fourth-order valence-corrected chi connectivity index (χ4v) is 3.54. The Hall–Kier alpha value is -1.59. The largest absolute Gasteiger partial charge is 0.355 e. The predicted octanol–water partition coefficient (Wildman–Crippen LogP) is 1.72. The molecule has 0 unspecified atom stereocenters. The van der Waals surface area contributed by atoms with Crippen molar-refractivity contribution in [3.05, 3.63) is 34.9 Å². The number of carbonyl (C=O) groups excluding carboxylic acids is 2. The van der Waals surface area contributed by atoms with Gasteiger partial charge in [0.1, 0.15) is 0 Å². The monoisotopic (exact) mass is 349 g/mol. The van der Waals surface area contributed by atoms with Crippen LogP contribution >= 0.6 is 11.6 Å². The van der Waals surface area contributed by atoms with Crippen LogP contribution in [0.15, 0.2) is 24.3 Å². The van der Waals surface area contributed by atoms with Crippen molar-refractivity contribution in [1.82, 2.24) is 15.1 Å². The first-order chi connectivity index (χ1) is 11.5. The number of nitrogens with zero attached hydrogens (tertiary/aromatic N) is 2. The number of piperazine rings is 1. The second-order valence-corrected chi connectivity index (χ2v) is 7.08. The van der Waals surface area contributed by atoms with E-state index in [9.17, 15) is 9.59 Å². The van der Waals surface area contributed by atoms with Gasteiger partial charge >= 0.3 is 0 Å². The summed E-state index contributed by atoms with van der Waals surface area (Å²) in [6.45, 7) is 6.44. The topological polar surface area (TPSA) is 52.7 Å². The van der Waals surface area contributed by atoms with Gasteiger partial charge in [0.05, 0.1) is 0 Å². The molecule has 1 heterocycles. The van der Waals surface area contributed by atoms with Crippen LogP contribution in [0.2, 0.25) is 5.02 Å². The number of rotatable bonds is 5. The van der Waals surface area contributed by atoms with Gasteiger partial charge in [0.15, 0.2) is 0 Å². The Labute approximate surface area is 147 Å². The molecule has 1 saturated heterocycles. The molecular formula is C18H24ClN3O2. The normalized spacial score (nSPS) is 23.8. The zero-order valence-electron chi connectivity index (χ0n) is 14.0. The van der Waals surface area contributed by atoms with Crippen molar-refractivity contribution in [2.45, 2.75) is 19.3 Å². The lowest BCUT2D eigenvalue weighted by atomic mass is 10.1. The van der Waals surface area contributed by atoms with E-state index >= 15 is 0 Å². The standard InChI is InChI=1S/C18H24ClN3O2/c1-13(23)22-9-7-21(8-10-22)6-5-20-18(24)17-12-16(17)14-3-2-4-15(19)11-14/h2-4,11,16-17H,5-10,12H2,1H3,(H,20,24)/t16-,17-/m1/s1. The first-order valence-corrected chi connectivity index (χ1v) is 8.93. The molecule has 0 radical (unpaired) electrons. The van der Waals surface area contributed by atoms with Gasteiger partial charge in [-0.15, -0.1) is 0 Å². The molecule has 2 fully saturated rings. The third kappa shape index (κ3) is 4.28. The summed E-state index contributed by atoms with van der Waals surface area (Å²) in [4.78, 5) is 27.7. The SMILES string of the molecule is CC(=O)N1CCN(CCNC(=O)[C@@H]2C[C@@H]2c2cccc(Cl)c2)CC1. The lowest BCUT2D eigenvalue weighted by Gasteiger charge is -2.34. The average molecular weight is 350 g/mol. The van der Waals surface area contributed by atoms with E-state index < -0.39 is 0 Å². The molecule has 0 aromatic heterocycles. The molecule has 1 aromatic rings. The van der Waals surface area contributed by atoms with Gasteiger partial charge in [-0.05, 0) is 30.0 Å².